The molecule has 2 atom stereocenters. The van der Waals surface area contributed by atoms with Crippen LogP contribution in [-0.2, 0) is 16.9 Å². The molecule has 1 amide bonds. The summed E-state index contributed by atoms with van der Waals surface area (Å²) in [6.07, 6.45) is 1.56. The van der Waals surface area contributed by atoms with Gasteiger partial charge < -0.3 is 14.8 Å². The average Bonchev–Trinajstić information content (AvgIpc) is 3.52. The van der Waals surface area contributed by atoms with E-state index < -0.39 is 5.72 Å². The summed E-state index contributed by atoms with van der Waals surface area (Å²) in [6, 6.07) is 15.9. The van der Waals surface area contributed by atoms with Gasteiger partial charge >= 0.3 is 5.72 Å². The van der Waals surface area contributed by atoms with E-state index in [1.165, 1.54) is 0 Å². The third-order valence-corrected chi connectivity index (χ3v) is 7.21. The Morgan fingerprint density at radius 2 is 2.19 bits per heavy atom. The second kappa shape index (κ2) is 6.59. The van der Waals surface area contributed by atoms with Crippen molar-refractivity contribution in [1.29, 1.82) is 0 Å². The number of benzene rings is 2. The van der Waals surface area contributed by atoms with E-state index in [-0.39, 0.29) is 11.9 Å². The molecule has 6 rings (SSSR count). The molecule has 3 aliphatic heterocycles. The van der Waals surface area contributed by atoms with Crippen molar-refractivity contribution in [3.8, 4) is 11.5 Å². The molecule has 0 bridgehead atoms. The zero-order chi connectivity index (χ0) is 21.2. The van der Waals surface area contributed by atoms with E-state index in [0.717, 1.165) is 39.4 Å². The Morgan fingerprint density at radius 1 is 1.29 bits per heavy atom. The summed E-state index contributed by atoms with van der Waals surface area (Å²) in [5.74, 6) is 1.00. The number of carbonyl (C=O) groups is 1. The van der Waals surface area contributed by atoms with Gasteiger partial charge in [0.05, 0.1) is 35.0 Å². The maximum atomic E-state index is 13.6. The van der Waals surface area contributed by atoms with E-state index in [0.29, 0.717) is 17.9 Å². The predicted octanol–water partition coefficient (Wildman–Crippen LogP) is 4.67. The van der Waals surface area contributed by atoms with Gasteiger partial charge in [-0.15, -0.1) is 11.3 Å². The highest BCUT2D eigenvalue weighted by molar-refractivity contribution is 7.12. The van der Waals surface area contributed by atoms with E-state index in [9.17, 15) is 4.79 Å². The summed E-state index contributed by atoms with van der Waals surface area (Å²) >= 11 is 1.65. The van der Waals surface area contributed by atoms with E-state index in [4.69, 9.17) is 14.6 Å². The predicted molar refractivity (Wildman–Crippen MR) is 120 cm³/mol. The molecule has 0 radical (unpaired) electrons. The molecule has 0 saturated carbocycles. The fourth-order valence-electron chi connectivity index (χ4n) is 4.75. The monoisotopic (exact) mass is 431 g/mol. The van der Waals surface area contributed by atoms with Crippen LogP contribution in [0.25, 0.3) is 0 Å². The largest absolute Gasteiger partial charge is 0.493 e. The Morgan fingerprint density at radius 3 is 2.97 bits per heavy atom. The zero-order valence-corrected chi connectivity index (χ0v) is 18.0. The number of hydrogen-bond acceptors (Lipinski definition) is 6. The number of methoxy groups -OCH3 is 1. The number of nitrogens with one attached hydrogen (secondary N) is 1. The van der Waals surface area contributed by atoms with E-state index >= 15 is 0 Å². The molecule has 1 aromatic heterocycles. The fourth-order valence-corrected chi connectivity index (χ4v) is 5.47. The van der Waals surface area contributed by atoms with Crippen molar-refractivity contribution in [2.75, 3.05) is 12.4 Å². The van der Waals surface area contributed by atoms with Crippen molar-refractivity contribution in [3.63, 3.8) is 0 Å². The molecular formula is C24H21N3O3S. The summed E-state index contributed by atoms with van der Waals surface area (Å²) in [5.41, 5.74) is 3.28. The first kappa shape index (κ1) is 18.4. The maximum Gasteiger partial charge on any atom is 0.306 e. The zero-order valence-electron chi connectivity index (χ0n) is 17.2. The van der Waals surface area contributed by atoms with Crippen LogP contribution in [0.5, 0.6) is 11.5 Å². The number of anilines is 1. The summed E-state index contributed by atoms with van der Waals surface area (Å²) in [7, 11) is 1.62. The summed E-state index contributed by atoms with van der Waals surface area (Å²) in [6.45, 7) is 2.10. The molecule has 0 fully saturated rings. The van der Waals surface area contributed by atoms with Crippen LogP contribution in [-0.4, -0.2) is 23.7 Å². The van der Waals surface area contributed by atoms with Crippen molar-refractivity contribution in [3.05, 3.63) is 75.5 Å². The summed E-state index contributed by atoms with van der Waals surface area (Å²) in [4.78, 5) is 14.7. The Balaban J connectivity index is 1.61. The number of hydrazone groups is 1. The van der Waals surface area contributed by atoms with Crippen LogP contribution in [0.2, 0.25) is 0 Å². The molecule has 0 unspecified atom stereocenters. The number of rotatable bonds is 3. The number of amides is 1. The van der Waals surface area contributed by atoms with Crippen LogP contribution >= 0.6 is 11.3 Å². The van der Waals surface area contributed by atoms with Gasteiger partial charge in [0.25, 0.3) is 5.91 Å². The van der Waals surface area contributed by atoms with Crippen molar-refractivity contribution in [1.82, 2.24) is 5.01 Å². The summed E-state index contributed by atoms with van der Waals surface area (Å²) < 4.78 is 12.2. The third kappa shape index (κ3) is 2.44. The SMILES string of the molecule is CCc1ccc2c(c1)[C@]1(Oc3c(OC)cccc3[C@H]3CC(c4cccs4)=NN31)C(=O)N2. The molecule has 2 aromatic carbocycles. The summed E-state index contributed by atoms with van der Waals surface area (Å²) in [5, 5.41) is 11.9. The minimum absolute atomic E-state index is 0.127. The lowest BCUT2D eigenvalue weighted by molar-refractivity contribution is -0.161. The first-order chi connectivity index (χ1) is 15.2. The van der Waals surface area contributed by atoms with E-state index in [1.807, 2.05) is 46.8 Å². The van der Waals surface area contributed by atoms with Crippen LogP contribution in [0.4, 0.5) is 5.69 Å². The highest BCUT2D eigenvalue weighted by Crippen LogP contribution is 2.56. The number of ether oxygens (including phenoxy) is 2. The van der Waals surface area contributed by atoms with Crippen LogP contribution in [0.3, 0.4) is 0 Å². The van der Waals surface area contributed by atoms with Crippen molar-refractivity contribution in [2.45, 2.75) is 31.5 Å². The number of para-hydroxylation sites is 1. The average molecular weight is 432 g/mol. The quantitative estimate of drug-likeness (QED) is 0.655. The highest BCUT2D eigenvalue weighted by atomic mass is 32.1. The smallest absolute Gasteiger partial charge is 0.306 e. The number of aryl methyl sites for hydroxylation is 1. The molecule has 7 heteroatoms. The molecule has 3 aliphatic rings. The van der Waals surface area contributed by atoms with Gasteiger partial charge in [-0.05, 0) is 41.6 Å². The second-order valence-electron chi connectivity index (χ2n) is 7.90. The van der Waals surface area contributed by atoms with Crippen LogP contribution in [0, 0.1) is 0 Å². The van der Waals surface area contributed by atoms with Gasteiger partial charge in [0.15, 0.2) is 11.5 Å². The highest BCUT2D eigenvalue weighted by Gasteiger charge is 2.61. The van der Waals surface area contributed by atoms with Crippen molar-refractivity contribution in [2.24, 2.45) is 5.10 Å². The Bertz CT molecular complexity index is 1240. The second-order valence-corrected chi connectivity index (χ2v) is 8.85. The van der Waals surface area contributed by atoms with Gasteiger partial charge in [-0.2, -0.15) is 5.10 Å². The number of carbonyl (C=O) groups excluding carboxylic acids is 1. The molecule has 0 aliphatic carbocycles. The lowest BCUT2D eigenvalue weighted by Crippen LogP contribution is -2.55. The molecule has 156 valence electrons. The first-order valence-corrected chi connectivity index (χ1v) is 11.2. The van der Waals surface area contributed by atoms with Crippen LogP contribution in [0.15, 0.2) is 59.0 Å². The molecule has 0 saturated heterocycles. The molecule has 1 N–H and O–H groups in total. The standard InChI is InChI=1S/C24H21N3O3S/c1-3-14-9-10-17-16(12-14)24(23(28)25-17)27-19(13-18(26-27)21-8-5-11-31-21)15-6-4-7-20(29-2)22(15)30-24/h4-12,19H,3,13H2,1-2H3,(H,25,28)/t19-,24+/m1/s1. The Hall–Kier alpha value is -3.32. The number of thiophene rings is 1. The lowest BCUT2D eigenvalue weighted by Gasteiger charge is -2.44. The molecule has 4 heterocycles. The fraction of sp³-hybridized carbons (Fsp3) is 0.250. The molecule has 3 aromatic rings. The van der Waals surface area contributed by atoms with Crippen LogP contribution in [0.1, 0.15) is 41.0 Å². The number of nitrogens with zero attached hydrogens (tertiary/aromatic N) is 2. The van der Waals surface area contributed by atoms with Gasteiger partial charge in [0.2, 0.25) is 0 Å². The van der Waals surface area contributed by atoms with Gasteiger partial charge in [0.1, 0.15) is 0 Å². The van der Waals surface area contributed by atoms with Crippen LogP contribution < -0.4 is 14.8 Å². The first-order valence-electron chi connectivity index (χ1n) is 10.4. The maximum absolute atomic E-state index is 13.6. The normalized spacial score (nSPS) is 23.0. The number of fused-ring (bicyclic) bond motifs is 6. The Kier molecular flexibility index (Phi) is 3.92. The van der Waals surface area contributed by atoms with E-state index in [2.05, 4.69) is 24.4 Å². The minimum Gasteiger partial charge on any atom is -0.493 e. The van der Waals surface area contributed by atoms with Gasteiger partial charge in [-0.1, -0.05) is 31.2 Å². The number of hydrogen-bond donors (Lipinski definition) is 1. The van der Waals surface area contributed by atoms with Gasteiger partial charge in [0, 0.05) is 12.0 Å². The molecular weight excluding hydrogens is 410 g/mol. The molecule has 31 heavy (non-hydrogen) atoms. The van der Waals surface area contributed by atoms with Crippen molar-refractivity contribution < 1.29 is 14.3 Å². The molecule has 1 spiro atoms. The van der Waals surface area contributed by atoms with Gasteiger partial charge in [-0.3, -0.25) is 4.79 Å². The van der Waals surface area contributed by atoms with E-state index in [1.54, 1.807) is 18.4 Å². The van der Waals surface area contributed by atoms with Gasteiger partial charge in [-0.25, -0.2) is 5.01 Å². The Labute approximate surface area is 184 Å². The molecule has 6 nitrogen and oxygen atoms in total. The lowest BCUT2D eigenvalue weighted by atomic mass is 9.92. The van der Waals surface area contributed by atoms with Crippen molar-refractivity contribution >= 4 is 28.6 Å². The third-order valence-electron chi connectivity index (χ3n) is 6.29. The topological polar surface area (TPSA) is 63.2 Å². The minimum atomic E-state index is -1.37.